The normalized spacial score (nSPS) is 23.7. The van der Waals surface area contributed by atoms with Crippen LogP contribution in [0.4, 0.5) is 0 Å². The standard InChI is InChI=1S/C25H26O12/c1-34-15-6-4-14(5-8-20(28)29)18(11-15)36-25-24(33)23(32)22(31)19(37-25)12-35-21(30)9-3-13-2-7-16(26)17(27)10-13/h2-11,19,22-27,31-33H,12H2,1H3,(H,28,29)/t19-,22+,23+,24-,25-/m0/s1. The molecule has 1 fully saturated rings. The number of ether oxygens (including phenoxy) is 4. The fraction of sp³-hybridized carbons (Fsp3) is 0.280. The SMILES string of the molecule is COc1ccc(C=CC(=O)O)c(O[C@H]2O[C@@H](COC(=O)C=Cc3ccc(O)c(O)c3)[C@@H](O)[C@@H](O)[C@@H]2O)c1. The number of esters is 1. The van der Waals surface area contributed by atoms with Crippen LogP contribution >= 0.6 is 0 Å². The zero-order valence-corrected chi connectivity index (χ0v) is 19.5. The lowest BCUT2D eigenvalue weighted by Gasteiger charge is -2.40. The van der Waals surface area contributed by atoms with E-state index in [1.54, 1.807) is 6.07 Å². The van der Waals surface area contributed by atoms with E-state index < -0.39 is 49.3 Å². The molecule has 0 aliphatic carbocycles. The smallest absolute Gasteiger partial charge is 0.330 e. The number of methoxy groups -OCH3 is 1. The quantitative estimate of drug-likeness (QED) is 0.154. The Morgan fingerprint density at radius 3 is 2.38 bits per heavy atom. The van der Waals surface area contributed by atoms with Crippen LogP contribution in [0.1, 0.15) is 11.1 Å². The summed E-state index contributed by atoms with van der Waals surface area (Å²) in [6, 6.07) is 8.39. The Bertz CT molecular complexity index is 1170. The summed E-state index contributed by atoms with van der Waals surface area (Å²) in [4.78, 5) is 23.0. The summed E-state index contributed by atoms with van der Waals surface area (Å²) < 4.78 is 21.5. The van der Waals surface area contributed by atoms with Gasteiger partial charge in [-0.1, -0.05) is 6.07 Å². The summed E-state index contributed by atoms with van der Waals surface area (Å²) in [5.74, 6) is -2.32. The predicted octanol–water partition coefficient (Wildman–Crippen LogP) is 0.647. The zero-order chi connectivity index (χ0) is 27.1. The molecule has 0 radical (unpaired) electrons. The molecule has 1 aliphatic heterocycles. The van der Waals surface area contributed by atoms with Crippen molar-refractivity contribution in [2.75, 3.05) is 13.7 Å². The minimum atomic E-state index is -1.72. The second-order valence-corrected chi connectivity index (χ2v) is 7.92. The first-order valence-corrected chi connectivity index (χ1v) is 10.9. The van der Waals surface area contributed by atoms with E-state index in [9.17, 15) is 35.1 Å². The number of carbonyl (C=O) groups is 2. The second kappa shape index (κ2) is 12.2. The lowest BCUT2D eigenvalue weighted by atomic mass is 9.99. The van der Waals surface area contributed by atoms with Crippen LogP contribution in [0.5, 0.6) is 23.0 Å². The molecular formula is C25H26O12. The number of carboxylic acid groups (broad SMARTS) is 1. The van der Waals surface area contributed by atoms with Crippen LogP contribution in [0, 0.1) is 0 Å². The molecule has 12 nitrogen and oxygen atoms in total. The molecule has 6 N–H and O–H groups in total. The van der Waals surface area contributed by atoms with Crippen LogP contribution in [0.15, 0.2) is 48.6 Å². The van der Waals surface area contributed by atoms with E-state index in [2.05, 4.69) is 0 Å². The maximum Gasteiger partial charge on any atom is 0.330 e. The number of hydrogen-bond donors (Lipinski definition) is 6. The first-order valence-electron chi connectivity index (χ1n) is 10.9. The van der Waals surface area contributed by atoms with Gasteiger partial charge in [0.2, 0.25) is 6.29 Å². The van der Waals surface area contributed by atoms with Crippen LogP contribution in [0.2, 0.25) is 0 Å². The summed E-state index contributed by atoms with van der Waals surface area (Å²) in [7, 11) is 1.40. The molecule has 0 unspecified atom stereocenters. The molecule has 2 aromatic rings. The van der Waals surface area contributed by atoms with E-state index >= 15 is 0 Å². The average Bonchev–Trinajstić information content (AvgIpc) is 2.87. The van der Waals surface area contributed by atoms with Crippen molar-refractivity contribution < 1.29 is 59.2 Å². The molecule has 37 heavy (non-hydrogen) atoms. The predicted molar refractivity (Wildman–Crippen MR) is 127 cm³/mol. The number of aromatic hydroxyl groups is 2. The van der Waals surface area contributed by atoms with Gasteiger partial charge < -0.3 is 49.6 Å². The first kappa shape index (κ1) is 27.5. The summed E-state index contributed by atoms with van der Waals surface area (Å²) in [5, 5.41) is 58.8. The Morgan fingerprint density at radius 2 is 1.70 bits per heavy atom. The van der Waals surface area contributed by atoms with Gasteiger partial charge in [0.25, 0.3) is 0 Å². The van der Waals surface area contributed by atoms with Gasteiger partial charge in [-0.25, -0.2) is 9.59 Å². The van der Waals surface area contributed by atoms with E-state index in [1.807, 2.05) is 0 Å². The number of phenols is 2. The van der Waals surface area contributed by atoms with Gasteiger partial charge in [0.1, 0.15) is 42.5 Å². The largest absolute Gasteiger partial charge is 0.504 e. The van der Waals surface area contributed by atoms with Crippen molar-refractivity contribution in [3.8, 4) is 23.0 Å². The highest BCUT2D eigenvalue weighted by Gasteiger charge is 2.45. The van der Waals surface area contributed by atoms with Gasteiger partial charge in [0.05, 0.1) is 7.11 Å². The number of phenolic OH excluding ortho intramolecular Hbond substituents is 2. The Kier molecular flexibility index (Phi) is 9.09. The second-order valence-electron chi connectivity index (χ2n) is 7.92. The van der Waals surface area contributed by atoms with Gasteiger partial charge in [-0.15, -0.1) is 0 Å². The Labute approximate surface area is 210 Å². The molecule has 3 rings (SSSR count). The lowest BCUT2D eigenvalue weighted by molar-refractivity contribution is -0.278. The molecule has 1 saturated heterocycles. The number of aliphatic hydroxyl groups is 3. The highest BCUT2D eigenvalue weighted by molar-refractivity contribution is 5.87. The third-order valence-corrected chi connectivity index (χ3v) is 5.34. The number of rotatable bonds is 9. The van der Waals surface area contributed by atoms with Crippen LogP contribution in [-0.2, 0) is 19.1 Å². The maximum atomic E-state index is 12.1. The number of benzene rings is 2. The van der Waals surface area contributed by atoms with E-state index in [-0.39, 0.29) is 17.2 Å². The molecule has 198 valence electrons. The Morgan fingerprint density at radius 1 is 0.946 bits per heavy atom. The van der Waals surface area contributed by atoms with Gasteiger partial charge in [-0.3, -0.25) is 0 Å². The summed E-state index contributed by atoms with van der Waals surface area (Å²) in [6.45, 7) is -0.515. The number of aliphatic carboxylic acids is 1. The Balaban J connectivity index is 1.69. The number of carbonyl (C=O) groups excluding carboxylic acids is 1. The van der Waals surface area contributed by atoms with E-state index in [1.165, 1.54) is 49.6 Å². The van der Waals surface area contributed by atoms with Crippen molar-refractivity contribution >= 4 is 24.1 Å². The molecule has 0 aromatic heterocycles. The minimum Gasteiger partial charge on any atom is -0.504 e. The maximum absolute atomic E-state index is 12.1. The zero-order valence-electron chi connectivity index (χ0n) is 19.5. The highest BCUT2D eigenvalue weighted by atomic mass is 16.7. The molecule has 2 aromatic carbocycles. The van der Waals surface area contributed by atoms with Crippen LogP contribution in [0.25, 0.3) is 12.2 Å². The van der Waals surface area contributed by atoms with Crippen LogP contribution < -0.4 is 9.47 Å². The molecule has 0 amide bonds. The Hall–Kier alpha value is -4.10. The van der Waals surface area contributed by atoms with Crippen molar-refractivity contribution in [3.63, 3.8) is 0 Å². The fourth-order valence-electron chi connectivity index (χ4n) is 3.34. The summed E-state index contributed by atoms with van der Waals surface area (Å²) in [5.41, 5.74) is 0.701. The molecule has 1 heterocycles. The lowest BCUT2D eigenvalue weighted by Crippen LogP contribution is -2.60. The molecule has 1 aliphatic rings. The summed E-state index contributed by atoms with van der Waals surface area (Å²) >= 11 is 0. The van der Waals surface area contributed by atoms with Gasteiger partial charge in [0, 0.05) is 23.8 Å². The van der Waals surface area contributed by atoms with Gasteiger partial charge in [-0.05, 0) is 42.0 Å². The molecule has 0 bridgehead atoms. The van der Waals surface area contributed by atoms with E-state index in [4.69, 9.17) is 24.1 Å². The number of hydrogen-bond acceptors (Lipinski definition) is 11. The molecule has 0 spiro atoms. The third kappa shape index (κ3) is 7.21. The van der Waals surface area contributed by atoms with Crippen molar-refractivity contribution in [1.82, 2.24) is 0 Å². The van der Waals surface area contributed by atoms with E-state index in [0.29, 0.717) is 16.9 Å². The molecular weight excluding hydrogens is 492 g/mol. The summed E-state index contributed by atoms with van der Waals surface area (Å²) in [6.07, 6.45) is -3.39. The topological polar surface area (TPSA) is 192 Å². The highest BCUT2D eigenvalue weighted by Crippen LogP contribution is 2.31. The van der Waals surface area contributed by atoms with Gasteiger partial charge >= 0.3 is 11.9 Å². The van der Waals surface area contributed by atoms with Crippen molar-refractivity contribution in [2.24, 2.45) is 0 Å². The van der Waals surface area contributed by atoms with Gasteiger partial charge in [0.15, 0.2) is 11.5 Å². The van der Waals surface area contributed by atoms with Crippen LogP contribution in [-0.4, -0.2) is 87.0 Å². The monoisotopic (exact) mass is 518 g/mol. The van der Waals surface area contributed by atoms with Crippen molar-refractivity contribution in [2.45, 2.75) is 30.7 Å². The molecule has 5 atom stereocenters. The van der Waals surface area contributed by atoms with Crippen molar-refractivity contribution in [1.29, 1.82) is 0 Å². The van der Waals surface area contributed by atoms with E-state index in [0.717, 1.165) is 12.2 Å². The average molecular weight is 518 g/mol. The van der Waals surface area contributed by atoms with Crippen molar-refractivity contribution in [3.05, 3.63) is 59.7 Å². The number of aliphatic hydroxyl groups excluding tert-OH is 3. The van der Waals surface area contributed by atoms with Gasteiger partial charge in [-0.2, -0.15) is 0 Å². The fourth-order valence-corrected chi connectivity index (χ4v) is 3.34. The molecule has 12 heteroatoms. The number of carboxylic acids is 1. The molecule has 0 saturated carbocycles. The van der Waals surface area contributed by atoms with Crippen LogP contribution in [0.3, 0.4) is 0 Å². The minimum absolute atomic E-state index is 0.0559. The first-order chi connectivity index (χ1) is 17.6. The third-order valence-electron chi connectivity index (χ3n) is 5.34.